The van der Waals surface area contributed by atoms with Gasteiger partial charge >= 0.3 is 0 Å². The molecule has 2 unspecified atom stereocenters. The molecule has 1 spiro atoms. The number of nitrogens with one attached hydrogen (secondary N) is 1. The first-order valence-corrected chi connectivity index (χ1v) is 7.86. The molecule has 1 aliphatic heterocycles. The second-order valence-electron chi connectivity index (χ2n) is 5.82. The third-order valence-corrected chi connectivity index (χ3v) is 4.65. The van der Waals surface area contributed by atoms with Crippen molar-refractivity contribution in [1.29, 1.82) is 0 Å². The van der Waals surface area contributed by atoms with E-state index < -0.39 is 0 Å². The normalized spacial score (nSPS) is 26.2. The fraction of sp³-hybridized carbons (Fsp3) is 0.625. The number of hydrogen-bond acceptors (Lipinski definition) is 3. The van der Waals surface area contributed by atoms with Crippen molar-refractivity contribution in [2.45, 2.75) is 50.5 Å². The van der Waals surface area contributed by atoms with Crippen LogP contribution < -0.4 is 5.32 Å². The zero-order valence-electron chi connectivity index (χ0n) is 11.9. The van der Waals surface area contributed by atoms with Crippen molar-refractivity contribution in [1.82, 2.24) is 5.32 Å². The van der Waals surface area contributed by atoms with Crippen molar-refractivity contribution in [3.63, 3.8) is 0 Å². The molecule has 2 fully saturated rings. The Morgan fingerprint density at radius 1 is 1.35 bits per heavy atom. The summed E-state index contributed by atoms with van der Waals surface area (Å²) in [6.45, 7) is 3.62. The lowest BCUT2D eigenvalue weighted by Crippen LogP contribution is -2.33. The molecular weight excluding hydrogens is 274 g/mol. The molecule has 110 valence electrons. The molecule has 4 heteroatoms. The summed E-state index contributed by atoms with van der Waals surface area (Å²) in [4.78, 5) is 0. The minimum absolute atomic E-state index is 0.151. The predicted molar refractivity (Wildman–Crippen MR) is 79.9 cm³/mol. The molecule has 0 radical (unpaired) electrons. The van der Waals surface area contributed by atoms with E-state index in [1.807, 2.05) is 18.2 Å². The number of benzene rings is 1. The van der Waals surface area contributed by atoms with Crippen LogP contribution in [0.2, 0.25) is 5.02 Å². The van der Waals surface area contributed by atoms with Crippen LogP contribution in [0.1, 0.15) is 44.2 Å². The van der Waals surface area contributed by atoms with E-state index in [-0.39, 0.29) is 17.9 Å². The van der Waals surface area contributed by atoms with Crippen molar-refractivity contribution < 1.29 is 9.47 Å². The molecule has 1 heterocycles. The Kier molecular flexibility index (Phi) is 4.32. The lowest BCUT2D eigenvalue weighted by atomic mass is 10.1. The Morgan fingerprint density at radius 2 is 2.10 bits per heavy atom. The summed E-state index contributed by atoms with van der Waals surface area (Å²) in [6, 6.07) is 8.17. The van der Waals surface area contributed by atoms with E-state index in [1.165, 1.54) is 12.8 Å². The summed E-state index contributed by atoms with van der Waals surface area (Å²) in [5, 5.41) is 4.31. The maximum atomic E-state index is 6.22. The molecule has 3 rings (SSSR count). The fourth-order valence-corrected chi connectivity index (χ4v) is 3.44. The van der Waals surface area contributed by atoms with Crippen molar-refractivity contribution in [3.05, 3.63) is 34.9 Å². The van der Waals surface area contributed by atoms with Crippen molar-refractivity contribution >= 4 is 11.6 Å². The van der Waals surface area contributed by atoms with E-state index in [0.29, 0.717) is 6.61 Å². The standard InChI is InChI=1S/C16H22ClNO2/c1-12(14-6-2-3-7-15(14)17)18-10-13-11-19-16(20-13)8-4-5-9-16/h2-3,6-7,12-13,18H,4-5,8-11H2,1H3. The maximum absolute atomic E-state index is 6.22. The highest BCUT2D eigenvalue weighted by Crippen LogP contribution is 2.39. The minimum atomic E-state index is -0.264. The van der Waals surface area contributed by atoms with Gasteiger partial charge in [-0.1, -0.05) is 29.8 Å². The van der Waals surface area contributed by atoms with E-state index in [9.17, 15) is 0 Å². The number of hydrogen-bond donors (Lipinski definition) is 1. The van der Waals surface area contributed by atoms with Crippen LogP contribution in [-0.4, -0.2) is 25.0 Å². The maximum Gasteiger partial charge on any atom is 0.168 e. The van der Waals surface area contributed by atoms with Crippen LogP contribution in [0.5, 0.6) is 0 Å². The van der Waals surface area contributed by atoms with Gasteiger partial charge in [0.15, 0.2) is 5.79 Å². The Bertz CT molecular complexity index is 460. The first-order chi connectivity index (χ1) is 9.69. The van der Waals surface area contributed by atoms with Crippen LogP contribution in [0.4, 0.5) is 0 Å². The molecule has 2 aliphatic rings. The third kappa shape index (κ3) is 3.01. The van der Waals surface area contributed by atoms with Crippen LogP contribution in [0.3, 0.4) is 0 Å². The molecular formula is C16H22ClNO2. The summed E-state index contributed by atoms with van der Waals surface area (Å²) < 4.78 is 12.0. The van der Waals surface area contributed by atoms with Gasteiger partial charge in [-0.05, 0) is 31.4 Å². The second-order valence-corrected chi connectivity index (χ2v) is 6.23. The van der Waals surface area contributed by atoms with Crippen molar-refractivity contribution in [2.75, 3.05) is 13.2 Å². The van der Waals surface area contributed by atoms with Crippen LogP contribution in [0, 0.1) is 0 Å². The Balaban J connectivity index is 1.52. The molecule has 1 aliphatic carbocycles. The lowest BCUT2D eigenvalue weighted by Gasteiger charge is -2.23. The number of halogens is 1. The van der Waals surface area contributed by atoms with Crippen molar-refractivity contribution in [2.24, 2.45) is 0 Å². The second kappa shape index (κ2) is 6.02. The van der Waals surface area contributed by atoms with Gasteiger partial charge < -0.3 is 14.8 Å². The van der Waals surface area contributed by atoms with E-state index in [4.69, 9.17) is 21.1 Å². The summed E-state index contributed by atoms with van der Waals surface area (Å²) in [5.41, 5.74) is 1.13. The minimum Gasteiger partial charge on any atom is -0.347 e. The van der Waals surface area contributed by atoms with E-state index in [2.05, 4.69) is 18.3 Å². The molecule has 1 aromatic rings. The molecule has 1 aromatic carbocycles. The molecule has 0 aromatic heterocycles. The monoisotopic (exact) mass is 295 g/mol. The van der Waals surface area contributed by atoms with Crippen LogP contribution in [-0.2, 0) is 9.47 Å². The van der Waals surface area contributed by atoms with Gasteiger partial charge in [-0.2, -0.15) is 0 Å². The Hall–Kier alpha value is -0.610. The van der Waals surface area contributed by atoms with Gasteiger partial charge in [-0.3, -0.25) is 0 Å². The zero-order valence-corrected chi connectivity index (χ0v) is 12.7. The SMILES string of the molecule is CC(NCC1COC2(CCCC2)O1)c1ccccc1Cl. The average Bonchev–Trinajstić information content (AvgIpc) is 3.07. The molecule has 3 nitrogen and oxygen atoms in total. The van der Waals surface area contributed by atoms with Crippen LogP contribution in [0.15, 0.2) is 24.3 Å². The van der Waals surface area contributed by atoms with E-state index in [1.54, 1.807) is 0 Å². The topological polar surface area (TPSA) is 30.5 Å². The fourth-order valence-electron chi connectivity index (χ4n) is 3.14. The first kappa shape index (κ1) is 14.3. The lowest BCUT2D eigenvalue weighted by molar-refractivity contribution is -0.161. The van der Waals surface area contributed by atoms with Crippen LogP contribution >= 0.6 is 11.6 Å². The molecule has 1 N–H and O–H groups in total. The predicted octanol–water partition coefficient (Wildman–Crippen LogP) is 3.68. The highest BCUT2D eigenvalue weighted by atomic mass is 35.5. The average molecular weight is 296 g/mol. The molecule has 0 amide bonds. The van der Waals surface area contributed by atoms with Gasteiger partial charge in [0.1, 0.15) is 0 Å². The van der Waals surface area contributed by atoms with E-state index >= 15 is 0 Å². The number of ether oxygens (including phenoxy) is 2. The summed E-state index contributed by atoms with van der Waals surface area (Å²) in [5.74, 6) is -0.264. The first-order valence-electron chi connectivity index (χ1n) is 7.48. The third-order valence-electron chi connectivity index (χ3n) is 4.30. The van der Waals surface area contributed by atoms with Gasteiger partial charge in [-0.25, -0.2) is 0 Å². The van der Waals surface area contributed by atoms with Crippen LogP contribution in [0.25, 0.3) is 0 Å². The largest absolute Gasteiger partial charge is 0.347 e. The smallest absolute Gasteiger partial charge is 0.168 e. The summed E-state index contributed by atoms with van der Waals surface area (Å²) in [6.07, 6.45) is 4.68. The highest BCUT2D eigenvalue weighted by molar-refractivity contribution is 6.31. The van der Waals surface area contributed by atoms with Gasteiger partial charge in [0.05, 0.1) is 12.7 Å². The van der Waals surface area contributed by atoms with Gasteiger partial charge in [0, 0.05) is 30.5 Å². The van der Waals surface area contributed by atoms with Gasteiger partial charge in [0.2, 0.25) is 0 Å². The molecule has 20 heavy (non-hydrogen) atoms. The zero-order chi connectivity index (χ0) is 14.0. The highest BCUT2D eigenvalue weighted by Gasteiger charge is 2.43. The van der Waals surface area contributed by atoms with Gasteiger partial charge in [-0.15, -0.1) is 0 Å². The van der Waals surface area contributed by atoms with Gasteiger partial charge in [0.25, 0.3) is 0 Å². The Labute approximate surface area is 125 Å². The molecule has 2 atom stereocenters. The number of rotatable bonds is 4. The summed E-state index contributed by atoms with van der Waals surface area (Å²) in [7, 11) is 0. The Morgan fingerprint density at radius 3 is 2.85 bits per heavy atom. The summed E-state index contributed by atoms with van der Waals surface area (Å²) >= 11 is 6.22. The molecule has 1 saturated carbocycles. The molecule has 0 bridgehead atoms. The molecule has 1 saturated heterocycles. The quantitative estimate of drug-likeness (QED) is 0.919. The van der Waals surface area contributed by atoms with Crippen molar-refractivity contribution in [3.8, 4) is 0 Å². The van der Waals surface area contributed by atoms with E-state index in [0.717, 1.165) is 30.0 Å².